The number of anilines is 1. The van der Waals surface area contributed by atoms with Crippen molar-refractivity contribution in [3.8, 4) is 11.5 Å². The number of oxazole rings is 1. The van der Waals surface area contributed by atoms with Crippen molar-refractivity contribution in [1.82, 2.24) is 4.98 Å². The van der Waals surface area contributed by atoms with Gasteiger partial charge in [0.15, 0.2) is 15.4 Å². The number of amides is 1. The number of carbonyl (C=O) groups excluding carboxylic acids is 1. The van der Waals surface area contributed by atoms with Crippen LogP contribution in [-0.2, 0) is 16.0 Å². The van der Waals surface area contributed by atoms with Crippen molar-refractivity contribution in [3.05, 3.63) is 76.3 Å². The van der Waals surface area contributed by atoms with Crippen molar-refractivity contribution in [2.24, 2.45) is 0 Å². The molecule has 1 aromatic heterocycles. The summed E-state index contributed by atoms with van der Waals surface area (Å²) in [4.78, 5) is 17.1. The molecule has 0 fully saturated rings. The van der Waals surface area contributed by atoms with Gasteiger partial charge in [-0.1, -0.05) is 24.6 Å². The summed E-state index contributed by atoms with van der Waals surface area (Å²) >= 11 is 6.29. The highest BCUT2D eigenvalue weighted by Gasteiger charge is 2.33. The Balaban J connectivity index is 1.66. The highest BCUT2D eigenvalue weighted by Crippen LogP contribution is 2.34. The largest absolute Gasteiger partial charge is 0.436 e. The standard InChI is InChI=1S/C24H18ClF3N2O4S/c1-3-35(32,33)16-7-9-21-20(12-16)30-23(34-21)17-11-15(6-8-19(17)25)29-22(31)14-5-4-13(2)18(10-14)24(26,27)28/h4-12H,3H2,1-2H3,(H,29,31). The lowest BCUT2D eigenvalue weighted by Crippen LogP contribution is -2.15. The van der Waals surface area contributed by atoms with E-state index >= 15 is 0 Å². The molecule has 0 spiro atoms. The Morgan fingerprint density at radius 3 is 2.51 bits per heavy atom. The second-order valence-electron chi connectivity index (χ2n) is 7.73. The molecule has 3 aromatic carbocycles. The third-order valence-corrected chi connectivity index (χ3v) is 7.42. The number of aromatic nitrogens is 1. The molecule has 0 aliphatic heterocycles. The number of benzene rings is 3. The molecule has 0 saturated heterocycles. The van der Waals surface area contributed by atoms with E-state index in [9.17, 15) is 26.4 Å². The van der Waals surface area contributed by atoms with Gasteiger partial charge in [-0.25, -0.2) is 13.4 Å². The molecular weight excluding hydrogens is 505 g/mol. The van der Waals surface area contributed by atoms with E-state index in [2.05, 4.69) is 10.3 Å². The lowest BCUT2D eigenvalue weighted by molar-refractivity contribution is -0.138. The maximum absolute atomic E-state index is 13.2. The minimum absolute atomic E-state index is 0.00804. The van der Waals surface area contributed by atoms with Gasteiger partial charge in [-0.05, 0) is 61.0 Å². The molecule has 1 N–H and O–H groups in total. The van der Waals surface area contributed by atoms with Gasteiger partial charge in [0.1, 0.15) is 5.52 Å². The number of halogens is 4. The fraction of sp³-hybridized carbons (Fsp3) is 0.167. The Kier molecular flexibility index (Phi) is 6.37. The van der Waals surface area contributed by atoms with E-state index in [1.807, 2.05) is 0 Å². The van der Waals surface area contributed by atoms with Crippen molar-refractivity contribution >= 4 is 44.1 Å². The van der Waals surface area contributed by atoms with Gasteiger partial charge >= 0.3 is 6.18 Å². The number of carbonyl (C=O) groups is 1. The molecule has 0 aliphatic carbocycles. The predicted octanol–water partition coefficient (Wildman–Crippen LogP) is 6.52. The van der Waals surface area contributed by atoms with Crippen molar-refractivity contribution in [1.29, 1.82) is 0 Å². The molecular formula is C24H18ClF3N2O4S. The van der Waals surface area contributed by atoms with E-state index in [1.54, 1.807) is 0 Å². The lowest BCUT2D eigenvalue weighted by atomic mass is 10.0. The van der Waals surface area contributed by atoms with Gasteiger partial charge in [0, 0.05) is 11.3 Å². The normalized spacial score (nSPS) is 12.2. The maximum atomic E-state index is 13.2. The zero-order valence-corrected chi connectivity index (χ0v) is 20.0. The van der Waals surface area contributed by atoms with Gasteiger partial charge in [0.05, 0.1) is 26.8 Å². The Bertz CT molecular complexity index is 1560. The molecule has 0 atom stereocenters. The molecule has 4 rings (SSSR count). The van der Waals surface area contributed by atoms with Crippen molar-refractivity contribution in [3.63, 3.8) is 0 Å². The first-order valence-electron chi connectivity index (χ1n) is 10.3. The number of alkyl halides is 3. The van der Waals surface area contributed by atoms with Gasteiger partial charge < -0.3 is 9.73 Å². The van der Waals surface area contributed by atoms with Crippen LogP contribution in [0.3, 0.4) is 0 Å². The molecule has 0 aliphatic rings. The van der Waals surface area contributed by atoms with Crippen LogP contribution in [0.25, 0.3) is 22.6 Å². The fourth-order valence-corrected chi connectivity index (χ4v) is 4.52. The Labute approximate surface area is 203 Å². The molecule has 11 heteroatoms. The summed E-state index contributed by atoms with van der Waals surface area (Å²) in [7, 11) is -3.44. The molecule has 1 amide bonds. The number of nitrogens with one attached hydrogen (secondary N) is 1. The first-order valence-corrected chi connectivity index (χ1v) is 12.3. The van der Waals surface area contributed by atoms with Crippen molar-refractivity contribution in [2.45, 2.75) is 24.9 Å². The van der Waals surface area contributed by atoms with Gasteiger partial charge in [-0.3, -0.25) is 4.79 Å². The number of rotatable bonds is 5. The van der Waals surface area contributed by atoms with Crippen LogP contribution in [0.15, 0.2) is 63.9 Å². The minimum Gasteiger partial charge on any atom is -0.436 e. The van der Waals surface area contributed by atoms with Crippen LogP contribution in [-0.4, -0.2) is 25.1 Å². The van der Waals surface area contributed by atoms with Crippen LogP contribution >= 0.6 is 11.6 Å². The third-order valence-electron chi connectivity index (χ3n) is 5.36. The van der Waals surface area contributed by atoms with E-state index in [0.29, 0.717) is 16.7 Å². The Morgan fingerprint density at radius 1 is 1.09 bits per heavy atom. The van der Waals surface area contributed by atoms with E-state index in [4.69, 9.17) is 16.0 Å². The molecule has 0 unspecified atom stereocenters. The predicted molar refractivity (Wildman–Crippen MR) is 126 cm³/mol. The highest BCUT2D eigenvalue weighted by atomic mass is 35.5. The SMILES string of the molecule is CCS(=O)(=O)c1ccc2oc(-c3cc(NC(=O)c4ccc(C)c(C(F)(F)F)c4)ccc3Cl)nc2c1. The highest BCUT2D eigenvalue weighted by molar-refractivity contribution is 7.91. The lowest BCUT2D eigenvalue weighted by Gasteiger charge is -2.12. The number of aryl methyl sites for hydroxylation is 1. The zero-order valence-electron chi connectivity index (χ0n) is 18.4. The van der Waals surface area contributed by atoms with E-state index in [-0.39, 0.29) is 38.4 Å². The van der Waals surface area contributed by atoms with Crippen LogP contribution in [0, 0.1) is 6.92 Å². The Morgan fingerprint density at radius 2 is 1.83 bits per heavy atom. The van der Waals surface area contributed by atoms with Crippen LogP contribution in [0.2, 0.25) is 5.02 Å². The molecule has 6 nitrogen and oxygen atoms in total. The number of sulfone groups is 1. The minimum atomic E-state index is -4.59. The smallest absolute Gasteiger partial charge is 0.416 e. The topological polar surface area (TPSA) is 89.3 Å². The van der Waals surface area contributed by atoms with Gasteiger partial charge in [0.2, 0.25) is 5.89 Å². The average molecular weight is 523 g/mol. The summed E-state index contributed by atoms with van der Waals surface area (Å²) in [6, 6.07) is 12.1. The van der Waals surface area contributed by atoms with Crippen LogP contribution in [0.4, 0.5) is 18.9 Å². The second-order valence-corrected chi connectivity index (χ2v) is 10.4. The zero-order chi connectivity index (χ0) is 25.5. The van der Waals surface area contributed by atoms with E-state index in [0.717, 1.165) is 6.07 Å². The van der Waals surface area contributed by atoms with Crippen LogP contribution in [0.1, 0.15) is 28.4 Å². The van der Waals surface area contributed by atoms with Crippen LogP contribution in [0.5, 0.6) is 0 Å². The molecule has 1 heterocycles. The fourth-order valence-electron chi connectivity index (χ4n) is 3.42. The summed E-state index contributed by atoms with van der Waals surface area (Å²) < 4.78 is 69.6. The van der Waals surface area contributed by atoms with Crippen molar-refractivity contribution < 1.29 is 30.8 Å². The number of nitrogens with zero attached hydrogens (tertiary/aromatic N) is 1. The molecule has 4 aromatic rings. The third kappa shape index (κ3) is 5.03. The molecule has 0 saturated carbocycles. The van der Waals surface area contributed by atoms with Gasteiger partial charge in [-0.2, -0.15) is 13.2 Å². The number of hydrogen-bond acceptors (Lipinski definition) is 5. The second kappa shape index (κ2) is 9.01. The molecule has 0 radical (unpaired) electrons. The number of hydrogen-bond donors (Lipinski definition) is 1. The Hall–Kier alpha value is -3.37. The maximum Gasteiger partial charge on any atom is 0.416 e. The van der Waals surface area contributed by atoms with Crippen LogP contribution < -0.4 is 5.32 Å². The van der Waals surface area contributed by atoms with Gasteiger partial charge in [0.25, 0.3) is 5.91 Å². The molecule has 182 valence electrons. The summed E-state index contributed by atoms with van der Waals surface area (Å²) in [6.45, 7) is 2.85. The summed E-state index contributed by atoms with van der Waals surface area (Å²) in [5, 5.41) is 2.79. The van der Waals surface area contributed by atoms with E-state index < -0.39 is 27.5 Å². The quantitative estimate of drug-likeness (QED) is 0.322. The monoisotopic (exact) mass is 522 g/mol. The summed E-state index contributed by atoms with van der Waals surface area (Å²) in [5.41, 5.74) is 0.150. The summed E-state index contributed by atoms with van der Waals surface area (Å²) in [5.74, 6) is -0.722. The van der Waals surface area contributed by atoms with Crippen molar-refractivity contribution in [2.75, 3.05) is 11.1 Å². The first kappa shape index (κ1) is 24.7. The molecule has 35 heavy (non-hydrogen) atoms. The van der Waals surface area contributed by atoms with Gasteiger partial charge in [-0.15, -0.1) is 0 Å². The summed E-state index contributed by atoms with van der Waals surface area (Å²) in [6.07, 6.45) is -4.59. The number of fused-ring (bicyclic) bond motifs is 1. The molecule has 0 bridgehead atoms. The van der Waals surface area contributed by atoms with E-state index in [1.165, 1.54) is 62.4 Å². The average Bonchev–Trinajstić information content (AvgIpc) is 3.23. The first-order chi connectivity index (χ1) is 16.4.